The molecule has 0 spiro atoms. The highest BCUT2D eigenvalue weighted by Gasteiger charge is 2.54. The van der Waals surface area contributed by atoms with E-state index in [2.05, 4.69) is 13.8 Å². The average molecular weight is 336 g/mol. The second kappa shape index (κ2) is 5.70. The van der Waals surface area contributed by atoms with Gasteiger partial charge in [0, 0.05) is 0 Å². The van der Waals surface area contributed by atoms with Gasteiger partial charge in [-0.2, -0.15) is 0 Å². The monoisotopic (exact) mass is 336 g/mol. The van der Waals surface area contributed by atoms with E-state index in [4.69, 9.17) is 0 Å². The molecule has 124 valence electrons. The Balaban J connectivity index is 1.56. The Morgan fingerprint density at radius 3 is 1.55 bits per heavy atom. The van der Waals surface area contributed by atoms with Gasteiger partial charge in [0.15, 0.2) is 0 Å². The van der Waals surface area contributed by atoms with Crippen LogP contribution in [0.4, 0.5) is 0 Å². The molecule has 0 aromatic carbocycles. The molecule has 0 radical (unpaired) electrons. The van der Waals surface area contributed by atoms with Crippen LogP contribution in [-0.2, 0) is 0 Å². The van der Waals surface area contributed by atoms with Crippen LogP contribution in [0.1, 0.15) is 78.1 Å². The van der Waals surface area contributed by atoms with Gasteiger partial charge in [0.1, 0.15) is 0 Å². The minimum atomic E-state index is 0.373. The highest BCUT2D eigenvalue weighted by atomic mass is 31.1. The summed E-state index contributed by atoms with van der Waals surface area (Å²) in [5.41, 5.74) is 7.12. The minimum Gasteiger partial charge on any atom is -0.0965 e. The molecule has 2 heteroatoms. The molecule has 0 N–H and O–H groups in total. The van der Waals surface area contributed by atoms with Gasteiger partial charge in [-0.25, -0.2) is 0 Å². The second-order valence-corrected chi connectivity index (χ2v) is 15.5. The molecule has 0 nitrogen and oxygen atoms in total. The van der Waals surface area contributed by atoms with Crippen LogP contribution >= 0.6 is 15.8 Å². The molecular formula is C20H34P2. The first-order valence-electron chi connectivity index (χ1n) is 10.3. The summed E-state index contributed by atoms with van der Waals surface area (Å²) in [5, 5.41) is 0. The molecular weight excluding hydrogens is 302 g/mol. The number of hydrogen-bond donors (Lipinski definition) is 0. The Hall–Kier alpha value is 0.860. The molecule has 3 aliphatic heterocycles. The van der Waals surface area contributed by atoms with Crippen molar-refractivity contribution in [3.63, 3.8) is 0 Å². The molecule has 0 aromatic heterocycles. The topological polar surface area (TPSA) is 0 Å². The van der Waals surface area contributed by atoms with Crippen molar-refractivity contribution in [3.05, 3.63) is 0 Å². The van der Waals surface area contributed by atoms with Crippen molar-refractivity contribution in [1.29, 1.82) is 0 Å². The van der Waals surface area contributed by atoms with Crippen LogP contribution in [0, 0.1) is 11.8 Å². The van der Waals surface area contributed by atoms with Crippen LogP contribution < -0.4 is 0 Å². The fourth-order valence-electron chi connectivity index (χ4n) is 7.55. The first-order valence-corrected chi connectivity index (χ1v) is 13.4. The highest BCUT2D eigenvalue weighted by molar-refractivity contribution is 7.64. The van der Waals surface area contributed by atoms with Crippen LogP contribution in [0.5, 0.6) is 0 Å². The van der Waals surface area contributed by atoms with Crippen LogP contribution in [-0.4, -0.2) is 34.0 Å². The van der Waals surface area contributed by atoms with Crippen molar-refractivity contribution in [2.75, 3.05) is 0 Å². The summed E-state index contributed by atoms with van der Waals surface area (Å²) in [5.74, 6) is 2.35. The van der Waals surface area contributed by atoms with Crippen LogP contribution in [0.15, 0.2) is 0 Å². The highest BCUT2D eigenvalue weighted by Crippen LogP contribution is 2.75. The molecule has 3 heterocycles. The molecule has 7 unspecified atom stereocenters. The molecule has 0 aromatic rings. The normalized spacial score (nSPS) is 60.3. The van der Waals surface area contributed by atoms with E-state index in [9.17, 15) is 0 Å². The molecule has 5 aliphatic rings. The second-order valence-electron chi connectivity index (χ2n) is 9.28. The van der Waals surface area contributed by atoms with Gasteiger partial charge in [0.05, 0.1) is 0 Å². The fraction of sp³-hybridized carbons (Fsp3) is 1.00. The quantitative estimate of drug-likeness (QED) is 0.449. The van der Waals surface area contributed by atoms with Gasteiger partial charge in [-0.1, -0.05) is 36.1 Å². The molecule has 22 heavy (non-hydrogen) atoms. The lowest BCUT2D eigenvalue weighted by Gasteiger charge is -2.41. The lowest BCUT2D eigenvalue weighted by molar-refractivity contribution is 0.449. The van der Waals surface area contributed by atoms with E-state index in [1.54, 1.807) is 64.2 Å². The smallest absolute Gasteiger partial charge is 0.0136 e. The zero-order valence-electron chi connectivity index (χ0n) is 14.6. The van der Waals surface area contributed by atoms with Gasteiger partial charge < -0.3 is 0 Å². The van der Waals surface area contributed by atoms with Gasteiger partial charge >= 0.3 is 0 Å². The van der Waals surface area contributed by atoms with Gasteiger partial charge in [-0.15, -0.1) is 0 Å². The summed E-state index contributed by atoms with van der Waals surface area (Å²) < 4.78 is 0. The van der Waals surface area contributed by atoms with Crippen molar-refractivity contribution in [2.24, 2.45) is 11.8 Å². The molecule has 5 rings (SSSR count). The van der Waals surface area contributed by atoms with Crippen molar-refractivity contribution < 1.29 is 0 Å². The first-order chi connectivity index (χ1) is 10.7. The van der Waals surface area contributed by atoms with Gasteiger partial charge in [-0.3, -0.25) is 0 Å². The summed E-state index contributed by atoms with van der Waals surface area (Å²) in [7, 11) is 0.746. The van der Waals surface area contributed by atoms with E-state index >= 15 is 0 Å². The van der Waals surface area contributed by atoms with E-state index in [-0.39, 0.29) is 0 Å². The van der Waals surface area contributed by atoms with E-state index in [1.165, 1.54) is 34.5 Å². The SMILES string of the molecule is CC1CC[C@H]2C3CC[C@H](C3)C3CC[C@@H](C)P3C3CCCC3P12. The van der Waals surface area contributed by atoms with Gasteiger partial charge in [0.25, 0.3) is 0 Å². The molecule has 5 fully saturated rings. The molecule has 0 amide bonds. The molecule has 2 bridgehead atoms. The summed E-state index contributed by atoms with van der Waals surface area (Å²) in [6, 6.07) is 0. The predicted molar refractivity (Wildman–Crippen MR) is 101 cm³/mol. The Labute approximate surface area is 140 Å². The summed E-state index contributed by atoms with van der Waals surface area (Å²) in [6.07, 6.45) is 16.3. The summed E-state index contributed by atoms with van der Waals surface area (Å²) >= 11 is 0. The third-order valence-electron chi connectivity index (χ3n) is 8.36. The lowest BCUT2D eigenvalue weighted by atomic mass is 9.95. The Morgan fingerprint density at radius 2 is 1.05 bits per heavy atom. The molecule has 3 saturated heterocycles. The molecule has 10 atom stereocenters. The zero-order chi connectivity index (χ0) is 14.8. The molecule has 2 saturated carbocycles. The van der Waals surface area contributed by atoms with Crippen molar-refractivity contribution in [3.8, 4) is 0 Å². The fourth-order valence-corrected chi connectivity index (χ4v) is 17.4. The zero-order valence-corrected chi connectivity index (χ0v) is 16.4. The lowest BCUT2D eigenvalue weighted by Crippen LogP contribution is -2.27. The van der Waals surface area contributed by atoms with E-state index in [1.807, 2.05) is 0 Å². The van der Waals surface area contributed by atoms with Crippen molar-refractivity contribution >= 4 is 15.8 Å². The maximum absolute atomic E-state index is 2.66. The summed E-state index contributed by atoms with van der Waals surface area (Å²) in [4.78, 5) is 0. The third-order valence-corrected chi connectivity index (χ3v) is 16.8. The van der Waals surface area contributed by atoms with Crippen LogP contribution in [0.25, 0.3) is 0 Å². The molecule has 2 aliphatic carbocycles. The standard InChI is InChI=1S/C20H34P2/c1-13-6-10-17-15-8-9-16(12-15)18-11-7-14(2)22(18)20-5-3-4-19(20)21(13)17/h13-20H,3-12H2,1-2H3/t13-,14?,15-,16?,17?,18+,19?,20?,21?,22?/m1/s1. The Morgan fingerprint density at radius 1 is 0.545 bits per heavy atom. The Bertz CT molecular complexity index is 397. The Kier molecular flexibility index (Phi) is 3.92. The number of fused-ring (bicyclic) bond motifs is 9. The van der Waals surface area contributed by atoms with Crippen LogP contribution in [0.2, 0.25) is 0 Å². The first kappa shape index (κ1) is 15.1. The van der Waals surface area contributed by atoms with Crippen molar-refractivity contribution in [1.82, 2.24) is 0 Å². The minimum absolute atomic E-state index is 0.373. The number of rotatable bonds is 0. The largest absolute Gasteiger partial charge is 0.0965 e. The van der Waals surface area contributed by atoms with Gasteiger partial charge in [-0.05, 0) is 104 Å². The average Bonchev–Trinajstić information content (AvgIpc) is 3.22. The van der Waals surface area contributed by atoms with E-state index in [0.717, 1.165) is 11.3 Å². The van der Waals surface area contributed by atoms with E-state index < -0.39 is 0 Å². The van der Waals surface area contributed by atoms with Crippen LogP contribution in [0.3, 0.4) is 0 Å². The third kappa shape index (κ3) is 2.15. The maximum atomic E-state index is 2.66. The predicted octanol–water partition coefficient (Wildman–Crippen LogP) is 6.40. The van der Waals surface area contributed by atoms with Gasteiger partial charge in [0.2, 0.25) is 0 Å². The van der Waals surface area contributed by atoms with Crippen molar-refractivity contribution in [2.45, 2.75) is 112 Å². The summed E-state index contributed by atoms with van der Waals surface area (Å²) in [6.45, 7) is 5.32. The van der Waals surface area contributed by atoms with E-state index in [0.29, 0.717) is 15.8 Å². The number of hydrogen-bond acceptors (Lipinski definition) is 0. The maximum Gasteiger partial charge on any atom is -0.0136 e.